The van der Waals surface area contributed by atoms with Gasteiger partial charge >= 0.3 is 0 Å². The number of anilines is 1. The Kier molecular flexibility index (Phi) is 5.41. The fourth-order valence-electron chi connectivity index (χ4n) is 2.78. The third kappa shape index (κ3) is 4.54. The summed E-state index contributed by atoms with van der Waals surface area (Å²) < 4.78 is 23.4. The lowest BCUT2D eigenvalue weighted by Gasteiger charge is -2.28. The van der Waals surface area contributed by atoms with Gasteiger partial charge in [0.25, 0.3) is 5.91 Å². The minimum atomic E-state index is -3.04. The summed E-state index contributed by atoms with van der Waals surface area (Å²) in [5.74, 6) is -0.147. The maximum atomic E-state index is 12.7. The van der Waals surface area contributed by atoms with Crippen molar-refractivity contribution < 1.29 is 18.0 Å². The van der Waals surface area contributed by atoms with E-state index in [0.717, 1.165) is 6.42 Å². The van der Waals surface area contributed by atoms with Crippen LogP contribution in [0.15, 0.2) is 24.3 Å². The fraction of sp³-hybridized carbons (Fsp3) is 0.500. The van der Waals surface area contributed by atoms with E-state index >= 15 is 0 Å². The van der Waals surface area contributed by atoms with E-state index in [9.17, 15) is 18.0 Å². The molecule has 1 N–H and O–H groups in total. The van der Waals surface area contributed by atoms with Gasteiger partial charge in [-0.25, -0.2) is 8.42 Å². The molecule has 1 aliphatic rings. The molecule has 1 fully saturated rings. The number of rotatable bonds is 5. The molecule has 7 heteroatoms. The first-order valence-corrected chi connectivity index (χ1v) is 9.53. The molecule has 126 valence electrons. The van der Waals surface area contributed by atoms with Gasteiger partial charge in [0.2, 0.25) is 5.91 Å². The zero-order chi connectivity index (χ0) is 17.0. The van der Waals surface area contributed by atoms with E-state index < -0.39 is 9.84 Å². The molecule has 1 heterocycles. The zero-order valence-corrected chi connectivity index (χ0v) is 14.2. The van der Waals surface area contributed by atoms with E-state index in [1.807, 2.05) is 6.92 Å². The van der Waals surface area contributed by atoms with E-state index in [4.69, 9.17) is 0 Å². The normalized spacial score (nSPS) is 19.3. The molecule has 2 rings (SSSR count). The van der Waals surface area contributed by atoms with Crippen LogP contribution in [0.25, 0.3) is 0 Å². The van der Waals surface area contributed by atoms with Gasteiger partial charge in [-0.2, -0.15) is 0 Å². The van der Waals surface area contributed by atoms with Crippen LogP contribution in [0.1, 0.15) is 37.0 Å². The number of sulfone groups is 1. The van der Waals surface area contributed by atoms with Crippen LogP contribution >= 0.6 is 0 Å². The predicted molar refractivity (Wildman–Crippen MR) is 89.1 cm³/mol. The van der Waals surface area contributed by atoms with Crippen LogP contribution in [-0.4, -0.2) is 49.2 Å². The van der Waals surface area contributed by atoms with Gasteiger partial charge < -0.3 is 10.2 Å². The fourth-order valence-corrected chi connectivity index (χ4v) is 4.51. The molecule has 0 aromatic heterocycles. The van der Waals surface area contributed by atoms with Crippen molar-refractivity contribution in [2.75, 3.05) is 23.4 Å². The molecule has 6 nitrogen and oxygen atoms in total. The Hall–Kier alpha value is -1.89. The molecule has 1 saturated heterocycles. The van der Waals surface area contributed by atoms with Crippen LogP contribution in [0.2, 0.25) is 0 Å². The average Bonchev–Trinajstić information content (AvgIpc) is 2.84. The smallest absolute Gasteiger partial charge is 0.254 e. The van der Waals surface area contributed by atoms with Crippen molar-refractivity contribution in [2.24, 2.45) is 0 Å². The quantitative estimate of drug-likeness (QED) is 0.885. The van der Waals surface area contributed by atoms with Gasteiger partial charge in [0.1, 0.15) is 0 Å². The molecule has 1 aromatic carbocycles. The van der Waals surface area contributed by atoms with Gasteiger partial charge in [-0.1, -0.05) is 6.92 Å². The van der Waals surface area contributed by atoms with E-state index in [-0.39, 0.29) is 29.4 Å². The highest BCUT2D eigenvalue weighted by atomic mass is 32.2. The van der Waals surface area contributed by atoms with Crippen molar-refractivity contribution in [2.45, 2.75) is 32.7 Å². The molecule has 1 aliphatic heterocycles. The van der Waals surface area contributed by atoms with Crippen LogP contribution in [0.4, 0.5) is 5.69 Å². The first-order valence-electron chi connectivity index (χ1n) is 7.71. The Morgan fingerprint density at radius 3 is 2.39 bits per heavy atom. The van der Waals surface area contributed by atoms with Crippen LogP contribution in [0.3, 0.4) is 0 Å². The van der Waals surface area contributed by atoms with Crippen LogP contribution < -0.4 is 5.32 Å². The molecule has 0 radical (unpaired) electrons. The van der Waals surface area contributed by atoms with Gasteiger partial charge in [-0.15, -0.1) is 0 Å². The van der Waals surface area contributed by atoms with Crippen LogP contribution in [-0.2, 0) is 14.6 Å². The second-order valence-corrected chi connectivity index (χ2v) is 8.04. The van der Waals surface area contributed by atoms with Crippen LogP contribution in [0.5, 0.6) is 0 Å². The summed E-state index contributed by atoms with van der Waals surface area (Å²) in [7, 11) is -3.04. The lowest BCUT2D eigenvalue weighted by Crippen LogP contribution is -2.41. The number of hydrogen-bond acceptors (Lipinski definition) is 4. The summed E-state index contributed by atoms with van der Waals surface area (Å²) in [5.41, 5.74) is 1.12. The van der Waals surface area contributed by atoms with Crippen LogP contribution in [0, 0.1) is 0 Å². The van der Waals surface area contributed by atoms with Gasteiger partial charge in [-0.05, 0) is 37.1 Å². The maximum absolute atomic E-state index is 12.7. The number of carbonyl (C=O) groups is 2. The van der Waals surface area contributed by atoms with Crippen molar-refractivity contribution in [1.29, 1.82) is 0 Å². The number of carbonyl (C=O) groups excluding carboxylic acids is 2. The first-order chi connectivity index (χ1) is 10.8. The Morgan fingerprint density at radius 1 is 1.26 bits per heavy atom. The number of nitrogens with zero attached hydrogens (tertiary/aromatic N) is 1. The lowest BCUT2D eigenvalue weighted by atomic mass is 10.1. The third-order valence-corrected chi connectivity index (χ3v) is 5.58. The predicted octanol–water partition coefficient (Wildman–Crippen LogP) is 1.68. The summed E-state index contributed by atoms with van der Waals surface area (Å²) >= 11 is 0. The topological polar surface area (TPSA) is 83.6 Å². The van der Waals surface area contributed by atoms with Crippen molar-refractivity contribution in [3.05, 3.63) is 29.8 Å². The van der Waals surface area contributed by atoms with Gasteiger partial charge in [-0.3, -0.25) is 9.59 Å². The van der Waals surface area contributed by atoms with E-state index in [2.05, 4.69) is 5.32 Å². The van der Waals surface area contributed by atoms with Crippen molar-refractivity contribution in [1.82, 2.24) is 4.90 Å². The molecule has 0 aliphatic carbocycles. The highest BCUT2D eigenvalue weighted by Gasteiger charge is 2.34. The molecule has 0 spiro atoms. The highest BCUT2D eigenvalue weighted by molar-refractivity contribution is 7.91. The molecule has 0 saturated carbocycles. The second-order valence-electron chi connectivity index (χ2n) is 5.81. The summed E-state index contributed by atoms with van der Waals surface area (Å²) in [4.78, 5) is 25.4. The summed E-state index contributed by atoms with van der Waals surface area (Å²) in [5, 5.41) is 2.65. The summed E-state index contributed by atoms with van der Waals surface area (Å²) in [6.07, 6.45) is 1.27. The van der Waals surface area contributed by atoms with E-state index in [1.165, 1.54) is 6.92 Å². The molecule has 0 bridgehead atoms. The van der Waals surface area contributed by atoms with Crippen molar-refractivity contribution >= 4 is 27.3 Å². The van der Waals surface area contributed by atoms with Gasteiger partial charge in [0.05, 0.1) is 11.5 Å². The largest absolute Gasteiger partial charge is 0.335 e. The minimum Gasteiger partial charge on any atom is -0.335 e. The SMILES string of the molecule is CCCN(C(=O)c1ccc(NC(C)=O)cc1)C1CCS(=O)(=O)C1. The number of hydrogen-bond donors (Lipinski definition) is 1. The zero-order valence-electron chi connectivity index (χ0n) is 13.4. The molecular formula is C16H22N2O4S. The Balaban J connectivity index is 2.16. The molecule has 1 aromatic rings. The summed E-state index contributed by atoms with van der Waals surface area (Å²) in [6.45, 7) is 3.92. The van der Waals surface area contributed by atoms with Crippen molar-refractivity contribution in [3.63, 3.8) is 0 Å². The highest BCUT2D eigenvalue weighted by Crippen LogP contribution is 2.21. The molecular weight excluding hydrogens is 316 g/mol. The first kappa shape index (κ1) is 17.5. The Morgan fingerprint density at radius 2 is 1.91 bits per heavy atom. The summed E-state index contributed by atoms with van der Waals surface area (Å²) in [6, 6.07) is 6.40. The second kappa shape index (κ2) is 7.12. The van der Waals surface area contributed by atoms with E-state index in [0.29, 0.717) is 24.2 Å². The molecule has 1 unspecified atom stereocenters. The lowest BCUT2D eigenvalue weighted by molar-refractivity contribution is -0.114. The monoisotopic (exact) mass is 338 g/mol. The molecule has 1 atom stereocenters. The molecule has 2 amide bonds. The van der Waals surface area contributed by atoms with E-state index in [1.54, 1.807) is 29.2 Å². The van der Waals surface area contributed by atoms with Gasteiger partial charge in [0, 0.05) is 30.8 Å². The Labute approximate surface area is 136 Å². The number of benzene rings is 1. The van der Waals surface area contributed by atoms with Crippen molar-refractivity contribution in [3.8, 4) is 0 Å². The maximum Gasteiger partial charge on any atom is 0.254 e. The molecule has 23 heavy (non-hydrogen) atoms. The minimum absolute atomic E-state index is 0.0444. The standard InChI is InChI=1S/C16H22N2O4S/c1-3-9-18(15-8-10-23(21,22)11-15)16(20)13-4-6-14(7-5-13)17-12(2)19/h4-7,15H,3,8-11H2,1-2H3,(H,17,19). The average molecular weight is 338 g/mol. The van der Waals surface area contributed by atoms with Gasteiger partial charge in [0.15, 0.2) is 9.84 Å². The number of amides is 2. The third-order valence-electron chi connectivity index (χ3n) is 3.83. The Bertz CT molecular complexity index is 683. The number of nitrogens with one attached hydrogen (secondary N) is 1.